The Morgan fingerprint density at radius 1 is 1.53 bits per heavy atom. The molecule has 0 unspecified atom stereocenters. The maximum Gasteiger partial charge on any atom is 0.231 e. The lowest BCUT2D eigenvalue weighted by atomic mass is 9.94. The second kappa shape index (κ2) is 4.56. The molecule has 0 bridgehead atoms. The molecule has 100 valence electrons. The van der Waals surface area contributed by atoms with Crippen molar-refractivity contribution in [3.8, 4) is 0 Å². The molecule has 6 heteroatoms. The molecule has 1 fully saturated rings. The van der Waals surface area contributed by atoms with E-state index >= 15 is 0 Å². The van der Waals surface area contributed by atoms with Crippen molar-refractivity contribution in [3.63, 3.8) is 0 Å². The van der Waals surface area contributed by atoms with Crippen molar-refractivity contribution in [3.05, 3.63) is 29.3 Å². The van der Waals surface area contributed by atoms with Gasteiger partial charge in [-0.25, -0.2) is 4.98 Å². The summed E-state index contributed by atoms with van der Waals surface area (Å²) < 4.78 is 6.81. The molecule has 0 saturated carbocycles. The van der Waals surface area contributed by atoms with Crippen molar-refractivity contribution in [2.45, 2.75) is 5.60 Å². The molecule has 1 aromatic heterocycles. The molecule has 1 aromatic carbocycles. The van der Waals surface area contributed by atoms with Crippen LogP contribution in [0.1, 0.15) is 5.01 Å². The summed E-state index contributed by atoms with van der Waals surface area (Å²) in [5.41, 5.74) is 5.80. The van der Waals surface area contributed by atoms with Gasteiger partial charge in [-0.05, 0) is 12.1 Å². The van der Waals surface area contributed by atoms with Crippen molar-refractivity contribution in [2.75, 3.05) is 26.7 Å². The molecule has 3 rings (SSSR count). The predicted molar refractivity (Wildman–Crippen MR) is 73.9 cm³/mol. The molecule has 1 saturated heterocycles. The SMILES string of the molecule is COC1(c2nc3ccccc3s2)CN(CC(N)=O)C1. The minimum Gasteiger partial charge on any atom is -0.369 e. The fraction of sp³-hybridized carbons (Fsp3) is 0.385. The van der Waals surface area contributed by atoms with Crippen LogP contribution in [0.25, 0.3) is 10.2 Å². The van der Waals surface area contributed by atoms with Gasteiger partial charge in [-0.3, -0.25) is 9.69 Å². The first-order chi connectivity index (χ1) is 9.13. The van der Waals surface area contributed by atoms with E-state index in [1.165, 1.54) is 0 Å². The number of amides is 1. The van der Waals surface area contributed by atoms with Gasteiger partial charge in [0.25, 0.3) is 0 Å². The number of ether oxygens (including phenoxy) is 1. The van der Waals surface area contributed by atoms with E-state index in [0.29, 0.717) is 13.1 Å². The van der Waals surface area contributed by atoms with Crippen molar-refractivity contribution < 1.29 is 9.53 Å². The fourth-order valence-electron chi connectivity index (χ4n) is 2.43. The van der Waals surface area contributed by atoms with E-state index in [9.17, 15) is 4.79 Å². The number of para-hydroxylation sites is 1. The summed E-state index contributed by atoms with van der Waals surface area (Å²) in [6, 6.07) is 8.04. The highest BCUT2D eigenvalue weighted by Gasteiger charge is 2.47. The van der Waals surface area contributed by atoms with Crippen molar-refractivity contribution >= 4 is 27.5 Å². The van der Waals surface area contributed by atoms with E-state index < -0.39 is 0 Å². The summed E-state index contributed by atoms with van der Waals surface area (Å²) in [5.74, 6) is -0.311. The quantitative estimate of drug-likeness (QED) is 0.903. The van der Waals surface area contributed by atoms with Gasteiger partial charge in [0, 0.05) is 20.2 Å². The molecular formula is C13H15N3O2S. The highest BCUT2D eigenvalue weighted by molar-refractivity contribution is 7.18. The molecule has 5 nitrogen and oxygen atoms in total. The molecule has 0 radical (unpaired) electrons. The lowest BCUT2D eigenvalue weighted by molar-refractivity contribution is -0.142. The summed E-state index contributed by atoms with van der Waals surface area (Å²) >= 11 is 1.65. The molecule has 2 heterocycles. The number of nitrogens with two attached hydrogens (primary N) is 1. The second-order valence-corrected chi connectivity index (χ2v) is 5.83. The van der Waals surface area contributed by atoms with Gasteiger partial charge in [0.1, 0.15) is 10.6 Å². The minimum atomic E-state index is -0.390. The number of hydrogen-bond donors (Lipinski definition) is 1. The Kier molecular flexibility index (Phi) is 3.00. The Morgan fingerprint density at radius 2 is 2.26 bits per heavy atom. The smallest absolute Gasteiger partial charge is 0.231 e. The number of primary amides is 1. The molecule has 0 spiro atoms. The Hall–Kier alpha value is -1.50. The first-order valence-corrected chi connectivity index (χ1v) is 6.86. The zero-order chi connectivity index (χ0) is 13.5. The highest BCUT2D eigenvalue weighted by atomic mass is 32.1. The number of likely N-dealkylation sites (tertiary alicyclic amines) is 1. The maximum atomic E-state index is 10.9. The van der Waals surface area contributed by atoms with Crippen LogP contribution in [0.2, 0.25) is 0 Å². The monoisotopic (exact) mass is 277 g/mol. The third kappa shape index (κ3) is 2.11. The zero-order valence-electron chi connectivity index (χ0n) is 10.6. The zero-order valence-corrected chi connectivity index (χ0v) is 11.4. The van der Waals surface area contributed by atoms with Gasteiger partial charge in [-0.2, -0.15) is 0 Å². The number of thiazole rings is 1. The molecule has 1 amide bonds. The van der Waals surface area contributed by atoms with Gasteiger partial charge < -0.3 is 10.5 Å². The van der Waals surface area contributed by atoms with Crippen molar-refractivity contribution in [1.29, 1.82) is 0 Å². The number of carbonyl (C=O) groups is 1. The summed E-state index contributed by atoms with van der Waals surface area (Å²) in [5, 5.41) is 0.969. The minimum absolute atomic E-state index is 0.274. The van der Waals surface area contributed by atoms with E-state index in [-0.39, 0.29) is 18.1 Å². The van der Waals surface area contributed by atoms with Gasteiger partial charge in [0.15, 0.2) is 0 Å². The van der Waals surface area contributed by atoms with Gasteiger partial charge in [-0.15, -0.1) is 11.3 Å². The number of carbonyl (C=O) groups excluding carboxylic acids is 1. The van der Waals surface area contributed by atoms with Crippen LogP contribution in [0, 0.1) is 0 Å². The van der Waals surface area contributed by atoms with Crippen LogP contribution in [-0.2, 0) is 15.1 Å². The fourth-order valence-corrected chi connectivity index (χ4v) is 3.54. The van der Waals surface area contributed by atoms with Crippen LogP contribution in [0.4, 0.5) is 0 Å². The van der Waals surface area contributed by atoms with Gasteiger partial charge in [0.2, 0.25) is 5.91 Å². The average molecular weight is 277 g/mol. The lowest BCUT2D eigenvalue weighted by Gasteiger charge is -2.47. The summed E-state index contributed by atoms with van der Waals surface area (Å²) in [7, 11) is 1.69. The van der Waals surface area contributed by atoms with Crippen LogP contribution in [0.5, 0.6) is 0 Å². The normalized spacial score (nSPS) is 18.4. The number of fused-ring (bicyclic) bond motifs is 1. The standard InChI is InChI=1S/C13H15N3O2S/c1-18-13(7-16(8-13)6-11(14)17)12-15-9-4-2-3-5-10(9)19-12/h2-5H,6-8H2,1H3,(H2,14,17). The van der Waals surface area contributed by atoms with E-state index in [2.05, 4.69) is 11.1 Å². The predicted octanol–water partition coefficient (Wildman–Crippen LogP) is 0.939. The molecule has 1 aliphatic rings. The average Bonchev–Trinajstić information content (AvgIpc) is 2.76. The van der Waals surface area contributed by atoms with Crippen LogP contribution in [0.15, 0.2) is 24.3 Å². The Morgan fingerprint density at radius 3 is 2.89 bits per heavy atom. The van der Waals surface area contributed by atoms with Gasteiger partial charge in [-0.1, -0.05) is 12.1 Å². The molecule has 2 aromatic rings. The van der Waals surface area contributed by atoms with Crippen LogP contribution in [-0.4, -0.2) is 42.5 Å². The summed E-state index contributed by atoms with van der Waals surface area (Å²) in [6.07, 6.45) is 0. The van der Waals surface area contributed by atoms with Crippen LogP contribution >= 0.6 is 11.3 Å². The number of methoxy groups -OCH3 is 1. The van der Waals surface area contributed by atoms with Gasteiger partial charge >= 0.3 is 0 Å². The number of rotatable bonds is 4. The second-order valence-electron chi connectivity index (χ2n) is 4.80. The van der Waals surface area contributed by atoms with Crippen molar-refractivity contribution in [2.24, 2.45) is 5.73 Å². The first-order valence-electron chi connectivity index (χ1n) is 6.05. The molecule has 19 heavy (non-hydrogen) atoms. The Balaban J connectivity index is 1.85. The lowest BCUT2D eigenvalue weighted by Crippen LogP contribution is -2.61. The number of nitrogens with zero attached hydrogens (tertiary/aromatic N) is 2. The summed E-state index contributed by atoms with van der Waals surface area (Å²) in [4.78, 5) is 17.5. The third-order valence-corrected chi connectivity index (χ3v) is 4.63. The first kappa shape index (κ1) is 12.5. The topological polar surface area (TPSA) is 68.4 Å². The number of aromatic nitrogens is 1. The number of benzene rings is 1. The van der Waals surface area contributed by atoms with E-state index in [4.69, 9.17) is 10.5 Å². The number of hydrogen-bond acceptors (Lipinski definition) is 5. The van der Waals surface area contributed by atoms with Crippen LogP contribution in [0.3, 0.4) is 0 Å². The Labute approximate surface area is 115 Å². The van der Waals surface area contributed by atoms with Crippen molar-refractivity contribution in [1.82, 2.24) is 9.88 Å². The van der Waals surface area contributed by atoms with Crippen LogP contribution < -0.4 is 5.73 Å². The molecule has 0 atom stereocenters. The summed E-state index contributed by atoms with van der Waals surface area (Å²) in [6.45, 7) is 1.59. The van der Waals surface area contributed by atoms with E-state index in [1.54, 1.807) is 18.4 Å². The van der Waals surface area contributed by atoms with Gasteiger partial charge in [0.05, 0.1) is 16.8 Å². The maximum absolute atomic E-state index is 10.9. The molecule has 2 N–H and O–H groups in total. The Bertz CT molecular complexity index is 586. The molecular weight excluding hydrogens is 262 g/mol. The van der Waals surface area contributed by atoms with E-state index in [0.717, 1.165) is 15.2 Å². The largest absolute Gasteiger partial charge is 0.369 e. The third-order valence-electron chi connectivity index (χ3n) is 3.41. The van der Waals surface area contributed by atoms with E-state index in [1.807, 2.05) is 23.1 Å². The molecule has 0 aliphatic carbocycles. The molecule has 1 aliphatic heterocycles. The highest BCUT2D eigenvalue weighted by Crippen LogP contribution is 2.39.